The molecule has 0 aromatic rings. The molecule has 0 fully saturated rings. The van der Waals surface area contributed by atoms with Gasteiger partial charge in [0.25, 0.3) is 0 Å². The second kappa shape index (κ2) is 7.54. The number of nitrogens with zero attached hydrogens (tertiary/aromatic N) is 1. The van der Waals surface area contributed by atoms with Crippen LogP contribution in [0.4, 0.5) is 0 Å². The van der Waals surface area contributed by atoms with Gasteiger partial charge >= 0.3 is 5.97 Å². The van der Waals surface area contributed by atoms with Crippen molar-refractivity contribution in [1.29, 1.82) is 0 Å². The minimum atomic E-state index is -0.955. The molecule has 0 rings (SSSR count). The van der Waals surface area contributed by atoms with Gasteiger partial charge in [-0.3, -0.25) is 9.59 Å². The predicted molar refractivity (Wildman–Crippen MR) is 66.7 cm³/mol. The third-order valence-electron chi connectivity index (χ3n) is 2.29. The molecule has 0 aliphatic rings. The van der Waals surface area contributed by atoms with Crippen molar-refractivity contribution in [3.8, 4) is 0 Å². The minimum Gasteiger partial charge on any atom is -0.480 e. The number of hydrogen-bond acceptors (Lipinski definition) is 3. The largest absolute Gasteiger partial charge is 0.480 e. The number of carbonyl (C=O) groups excluding carboxylic acids is 1. The summed E-state index contributed by atoms with van der Waals surface area (Å²) in [7, 11) is 0. The van der Waals surface area contributed by atoms with Crippen LogP contribution in [-0.2, 0) is 9.59 Å². The van der Waals surface area contributed by atoms with Crippen molar-refractivity contribution < 1.29 is 14.7 Å². The van der Waals surface area contributed by atoms with E-state index in [1.54, 1.807) is 0 Å². The van der Waals surface area contributed by atoms with Crippen LogP contribution in [0.2, 0.25) is 0 Å². The molecule has 16 heavy (non-hydrogen) atoms. The molecule has 0 spiro atoms. The van der Waals surface area contributed by atoms with Gasteiger partial charge in [-0.1, -0.05) is 20.8 Å². The summed E-state index contributed by atoms with van der Waals surface area (Å²) in [6.45, 7) is 7.65. The fourth-order valence-corrected chi connectivity index (χ4v) is 1.82. The van der Waals surface area contributed by atoms with Gasteiger partial charge in [0.05, 0.1) is 5.75 Å². The van der Waals surface area contributed by atoms with Crippen molar-refractivity contribution >= 4 is 23.6 Å². The lowest BCUT2D eigenvalue weighted by Gasteiger charge is -2.27. The van der Waals surface area contributed by atoms with Gasteiger partial charge in [0.1, 0.15) is 6.54 Å². The maximum Gasteiger partial charge on any atom is 0.323 e. The molecule has 1 amide bonds. The van der Waals surface area contributed by atoms with Gasteiger partial charge in [0.2, 0.25) is 5.91 Å². The van der Waals surface area contributed by atoms with E-state index in [-0.39, 0.29) is 18.5 Å². The second-order valence-electron chi connectivity index (χ2n) is 4.03. The summed E-state index contributed by atoms with van der Waals surface area (Å²) in [6, 6.07) is -0.0173. The number of hydrogen-bond donors (Lipinski definition) is 1. The van der Waals surface area contributed by atoms with Crippen molar-refractivity contribution in [3.05, 3.63) is 0 Å². The SMILES string of the molecule is CCC(C)N(CC(=O)O)C(=O)CSC(C)C. The highest BCUT2D eigenvalue weighted by molar-refractivity contribution is 8.00. The Kier molecular flexibility index (Phi) is 7.21. The van der Waals surface area contributed by atoms with E-state index in [0.29, 0.717) is 11.0 Å². The Labute approximate surface area is 101 Å². The monoisotopic (exact) mass is 247 g/mol. The Balaban J connectivity index is 4.37. The normalized spacial score (nSPS) is 12.6. The average molecular weight is 247 g/mol. The van der Waals surface area contributed by atoms with Crippen LogP contribution in [0.3, 0.4) is 0 Å². The van der Waals surface area contributed by atoms with Gasteiger partial charge < -0.3 is 10.0 Å². The molecule has 0 heterocycles. The third kappa shape index (κ3) is 6.00. The first-order valence-electron chi connectivity index (χ1n) is 5.51. The molecule has 0 aromatic carbocycles. The van der Waals surface area contributed by atoms with Crippen molar-refractivity contribution in [2.75, 3.05) is 12.3 Å². The first kappa shape index (κ1) is 15.3. The summed E-state index contributed by atoms with van der Waals surface area (Å²) < 4.78 is 0. The highest BCUT2D eigenvalue weighted by atomic mass is 32.2. The highest BCUT2D eigenvalue weighted by Gasteiger charge is 2.21. The lowest BCUT2D eigenvalue weighted by atomic mass is 10.2. The average Bonchev–Trinajstić information content (AvgIpc) is 2.21. The summed E-state index contributed by atoms with van der Waals surface area (Å²) in [5, 5.41) is 9.14. The number of thioether (sulfide) groups is 1. The lowest BCUT2D eigenvalue weighted by Crippen LogP contribution is -2.42. The number of carbonyl (C=O) groups is 2. The molecule has 4 nitrogen and oxygen atoms in total. The van der Waals surface area contributed by atoms with Gasteiger partial charge in [-0.25, -0.2) is 0 Å². The van der Waals surface area contributed by atoms with E-state index in [9.17, 15) is 9.59 Å². The van der Waals surface area contributed by atoms with E-state index < -0.39 is 5.97 Å². The smallest absolute Gasteiger partial charge is 0.323 e. The van der Waals surface area contributed by atoms with E-state index >= 15 is 0 Å². The first-order valence-corrected chi connectivity index (χ1v) is 6.56. The van der Waals surface area contributed by atoms with Crippen LogP contribution in [0.15, 0.2) is 0 Å². The van der Waals surface area contributed by atoms with E-state index in [1.165, 1.54) is 16.7 Å². The molecule has 5 heteroatoms. The summed E-state index contributed by atoms with van der Waals surface area (Å²) in [5.41, 5.74) is 0. The van der Waals surface area contributed by atoms with Gasteiger partial charge in [0.15, 0.2) is 0 Å². The first-order chi connectivity index (χ1) is 7.38. The summed E-state index contributed by atoms with van der Waals surface area (Å²) in [4.78, 5) is 23.9. The molecule has 0 saturated heterocycles. The maximum atomic E-state index is 11.8. The summed E-state index contributed by atoms with van der Waals surface area (Å²) in [6.07, 6.45) is 0.769. The number of carboxylic acids is 1. The quantitative estimate of drug-likeness (QED) is 0.746. The molecule has 0 bridgehead atoms. The van der Waals surface area contributed by atoms with Gasteiger partial charge in [0, 0.05) is 6.04 Å². The fourth-order valence-electron chi connectivity index (χ4n) is 1.18. The van der Waals surface area contributed by atoms with Gasteiger partial charge in [-0.05, 0) is 18.6 Å². The highest BCUT2D eigenvalue weighted by Crippen LogP contribution is 2.12. The van der Waals surface area contributed by atoms with Crippen LogP contribution in [-0.4, -0.2) is 45.5 Å². The zero-order valence-electron chi connectivity index (χ0n) is 10.4. The molecular formula is C11H21NO3S. The number of aliphatic carboxylic acids is 1. The molecule has 1 atom stereocenters. The second-order valence-corrected chi connectivity index (χ2v) is 5.60. The molecule has 0 aliphatic carbocycles. The van der Waals surface area contributed by atoms with Crippen molar-refractivity contribution in [2.24, 2.45) is 0 Å². The van der Waals surface area contributed by atoms with E-state index in [0.717, 1.165) is 6.42 Å². The third-order valence-corrected chi connectivity index (χ3v) is 3.37. The molecule has 1 unspecified atom stereocenters. The van der Waals surface area contributed by atoms with Crippen LogP contribution in [0.5, 0.6) is 0 Å². The predicted octanol–water partition coefficient (Wildman–Crippen LogP) is 1.84. The Morgan fingerprint density at radius 1 is 1.31 bits per heavy atom. The maximum absolute atomic E-state index is 11.8. The fraction of sp³-hybridized carbons (Fsp3) is 0.818. The molecule has 0 aliphatic heterocycles. The number of amides is 1. The van der Waals surface area contributed by atoms with Crippen molar-refractivity contribution in [2.45, 2.75) is 45.4 Å². The minimum absolute atomic E-state index is 0.0173. The summed E-state index contributed by atoms with van der Waals surface area (Å²) in [5.74, 6) is -0.686. The Morgan fingerprint density at radius 3 is 2.25 bits per heavy atom. The summed E-state index contributed by atoms with van der Waals surface area (Å²) >= 11 is 1.54. The topological polar surface area (TPSA) is 57.6 Å². The Bertz CT molecular complexity index is 243. The molecule has 1 N–H and O–H groups in total. The number of carboxylic acid groups (broad SMARTS) is 1. The van der Waals surface area contributed by atoms with Crippen LogP contribution in [0, 0.1) is 0 Å². The molecular weight excluding hydrogens is 226 g/mol. The zero-order chi connectivity index (χ0) is 12.7. The molecule has 0 radical (unpaired) electrons. The van der Waals surface area contributed by atoms with Crippen LogP contribution in [0.25, 0.3) is 0 Å². The molecule has 0 saturated carbocycles. The number of rotatable bonds is 7. The van der Waals surface area contributed by atoms with Crippen molar-refractivity contribution in [3.63, 3.8) is 0 Å². The molecule has 0 aromatic heterocycles. The van der Waals surface area contributed by atoms with Gasteiger partial charge in [-0.2, -0.15) is 0 Å². The van der Waals surface area contributed by atoms with Gasteiger partial charge in [-0.15, -0.1) is 11.8 Å². The van der Waals surface area contributed by atoms with Crippen LogP contribution in [0.1, 0.15) is 34.1 Å². The van der Waals surface area contributed by atoms with Crippen molar-refractivity contribution in [1.82, 2.24) is 4.90 Å². The Hall–Kier alpha value is -0.710. The zero-order valence-corrected chi connectivity index (χ0v) is 11.2. The lowest BCUT2D eigenvalue weighted by molar-refractivity contribution is -0.144. The Morgan fingerprint density at radius 2 is 1.88 bits per heavy atom. The van der Waals surface area contributed by atoms with E-state index in [4.69, 9.17) is 5.11 Å². The van der Waals surface area contributed by atoms with Crippen LogP contribution >= 0.6 is 11.8 Å². The van der Waals surface area contributed by atoms with E-state index in [1.807, 2.05) is 27.7 Å². The van der Waals surface area contributed by atoms with Crippen LogP contribution < -0.4 is 0 Å². The van der Waals surface area contributed by atoms with E-state index in [2.05, 4.69) is 0 Å². The standard InChI is InChI=1S/C11H21NO3S/c1-5-9(4)12(6-11(14)15)10(13)7-16-8(2)3/h8-9H,5-7H2,1-4H3,(H,14,15). The molecule has 94 valence electrons.